The van der Waals surface area contributed by atoms with Gasteiger partial charge in [0.2, 0.25) is 5.91 Å². The van der Waals surface area contributed by atoms with Crippen LogP contribution in [0.25, 0.3) is 0 Å². The van der Waals surface area contributed by atoms with Gasteiger partial charge in [0.05, 0.1) is 10.9 Å². The number of rotatable bonds is 5. The van der Waals surface area contributed by atoms with E-state index >= 15 is 0 Å². The average molecular weight is 449 g/mol. The number of imide groups is 1. The minimum Gasteiger partial charge on any atom is -0.381 e. The van der Waals surface area contributed by atoms with E-state index in [0.29, 0.717) is 26.3 Å². The number of thiophene rings is 1. The Kier molecular flexibility index (Phi) is 6.02. The van der Waals surface area contributed by atoms with Gasteiger partial charge >= 0.3 is 6.03 Å². The summed E-state index contributed by atoms with van der Waals surface area (Å²) in [5.41, 5.74) is 0.908. The zero-order valence-corrected chi connectivity index (χ0v) is 18.6. The lowest BCUT2D eigenvalue weighted by Crippen LogP contribution is -2.49. The van der Waals surface area contributed by atoms with E-state index < -0.39 is 18.0 Å². The van der Waals surface area contributed by atoms with Crippen LogP contribution in [0.1, 0.15) is 45.8 Å². The van der Waals surface area contributed by atoms with Crippen LogP contribution in [0.3, 0.4) is 0 Å². The van der Waals surface area contributed by atoms with E-state index in [2.05, 4.69) is 16.0 Å². The van der Waals surface area contributed by atoms with Gasteiger partial charge in [0.1, 0.15) is 6.04 Å². The largest absolute Gasteiger partial charge is 0.381 e. The van der Waals surface area contributed by atoms with Gasteiger partial charge in [-0.25, -0.2) is 4.79 Å². The van der Waals surface area contributed by atoms with Gasteiger partial charge in [-0.1, -0.05) is 0 Å². The van der Waals surface area contributed by atoms with E-state index in [9.17, 15) is 19.2 Å². The van der Waals surface area contributed by atoms with Crippen LogP contribution >= 0.6 is 11.3 Å². The number of hydrogen-bond acceptors (Lipinski definition) is 6. The second-order valence-electron chi connectivity index (χ2n) is 8.68. The lowest BCUT2D eigenvalue weighted by Gasteiger charge is -2.38. The molecule has 4 heterocycles. The topological polar surface area (TPSA) is 117 Å². The van der Waals surface area contributed by atoms with Gasteiger partial charge in [-0.3, -0.25) is 19.7 Å². The number of carbonyl (C=O) groups is 4. The molecule has 4 rings (SSSR count). The van der Waals surface area contributed by atoms with Gasteiger partial charge in [-0.05, 0) is 44.7 Å². The maximum Gasteiger partial charge on any atom is 0.322 e. The van der Waals surface area contributed by atoms with E-state index in [1.807, 2.05) is 24.8 Å². The van der Waals surface area contributed by atoms with Crippen LogP contribution in [0.5, 0.6) is 0 Å². The summed E-state index contributed by atoms with van der Waals surface area (Å²) in [6, 6.07) is 0.566. The maximum atomic E-state index is 13.1. The highest BCUT2D eigenvalue weighted by atomic mass is 32.1. The molecule has 0 radical (unpaired) electrons. The van der Waals surface area contributed by atoms with Gasteiger partial charge in [0.15, 0.2) is 0 Å². The third-order valence-electron chi connectivity index (χ3n) is 6.65. The Hall–Kier alpha value is -2.46. The van der Waals surface area contributed by atoms with Crippen molar-refractivity contribution >= 4 is 35.1 Å². The molecule has 3 saturated heterocycles. The van der Waals surface area contributed by atoms with Crippen LogP contribution in [-0.2, 0) is 14.3 Å². The quantitative estimate of drug-likeness (QED) is 0.583. The number of nitrogens with one attached hydrogen (secondary N) is 3. The number of aryl methyl sites for hydroxylation is 2. The molecule has 1 aromatic rings. The van der Waals surface area contributed by atoms with Gasteiger partial charge in [-0.15, -0.1) is 11.3 Å². The van der Waals surface area contributed by atoms with Gasteiger partial charge < -0.3 is 20.3 Å². The van der Waals surface area contributed by atoms with Crippen LogP contribution < -0.4 is 16.0 Å². The van der Waals surface area contributed by atoms with Crippen molar-refractivity contribution in [3.63, 3.8) is 0 Å². The normalized spacial score (nSPS) is 24.9. The van der Waals surface area contributed by atoms with Crippen LogP contribution in [0.4, 0.5) is 4.79 Å². The predicted molar refractivity (Wildman–Crippen MR) is 114 cm³/mol. The number of amides is 5. The first-order valence-corrected chi connectivity index (χ1v) is 11.4. The first kappa shape index (κ1) is 21.8. The number of likely N-dealkylation sites (tertiary alicyclic amines) is 1. The van der Waals surface area contributed by atoms with Gasteiger partial charge in [0, 0.05) is 43.0 Å². The predicted octanol–water partition coefficient (Wildman–Crippen LogP) is 1.09. The summed E-state index contributed by atoms with van der Waals surface area (Å²) in [7, 11) is 0. The van der Waals surface area contributed by atoms with Crippen molar-refractivity contribution in [3.8, 4) is 0 Å². The highest BCUT2D eigenvalue weighted by Crippen LogP contribution is 2.41. The monoisotopic (exact) mass is 448 g/mol. The van der Waals surface area contributed by atoms with E-state index in [-0.39, 0.29) is 36.1 Å². The lowest BCUT2D eigenvalue weighted by atomic mass is 9.76. The Labute approximate surface area is 184 Å². The van der Waals surface area contributed by atoms with Crippen molar-refractivity contribution in [2.75, 3.05) is 26.3 Å². The van der Waals surface area contributed by atoms with E-state index in [1.54, 1.807) is 0 Å². The van der Waals surface area contributed by atoms with Crippen molar-refractivity contribution in [1.29, 1.82) is 0 Å². The molecule has 0 aromatic carbocycles. The molecule has 168 valence electrons. The molecule has 1 spiro atoms. The summed E-state index contributed by atoms with van der Waals surface area (Å²) in [6.45, 7) is 6.29. The first-order chi connectivity index (χ1) is 14.8. The first-order valence-electron chi connectivity index (χ1n) is 10.6. The van der Waals surface area contributed by atoms with Crippen LogP contribution in [0.15, 0.2) is 6.07 Å². The van der Waals surface area contributed by atoms with Crippen LogP contribution in [0, 0.1) is 19.3 Å². The van der Waals surface area contributed by atoms with Crippen molar-refractivity contribution in [2.45, 2.75) is 51.6 Å². The fourth-order valence-electron chi connectivity index (χ4n) is 4.65. The SMILES string of the molecule is Cc1cc(C(=O)N2CC(NC(=O)CCC3NC(=O)NC3=O)C3(CCOCC3)C2)sc1C. The average Bonchev–Trinajstić information content (AvgIpc) is 3.36. The summed E-state index contributed by atoms with van der Waals surface area (Å²) >= 11 is 1.51. The molecule has 2 unspecified atom stereocenters. The van der Waals surface area contributed by atoms with Crippen molar-refractivity contribution in [3.05, 3.63) is 21.4 Å². The molecule has 5 amide bonds. The molecule has 31 heavy (non-hydrogen) atoms. The highest BCUT2D eigenvalue weighted by molar-refractivity contribution is 7.14. The van der Waals surface area contributed by atoms with Crippen LogP contribution in [0.2, 0.25) is 0 Å². The lowest BCUT2D eigenvalue weighted by molar-refractivity contribution is -0.123. The summed E-state index contributed by atoms with van der Waals surface area (Å²) in [5.74, 6) is -0.575. The molecule has 0 bridgehead atoms. The summed E-state index contributed by atoms with van der Waals surface area (Å²) < 4.78 is 5.55. The van der Waals surface area contributed by atoms with E-state index in [4.69, 9.17) is 4.74 Å². The number of hydrogen-bond donors (Lipinski definition) is 3. The zero-order chi connectivity index (χ0) is 22.2. The molecular weight excluding hydrogens is 420 g/mol. The zero-order valence-electron chi connectivity index (χ0n) is 17.8. The maximum absolute atomic E-state index is 13.1. The third-order valence-corrected chi connectivity index (χ3v) is 7.79. The minimum atomic E-state index is -0.678. The molecule has 3 aliphatic rings. The molecule has 2 atom stereocenters. The molecule has 10 heteroatoms. The Morgan fingerprint density at radius 1 is 1.29 bits per heavy atom. The molecule has 1 aromatic heterocycles. The van der Waals surface area contributed by atoms with Gasteiger partial charge in [-0.2, -0.15) is 0 Å². The Bertz CT molecular complexity index is 888. The molecular formula is C21H28N4O5S. The number of carbonyl (C=O) groups excluding carboxylic acids is 4. The number of nitrogens with zero attached hydrogens (tertiary/aromatic N) is 1. The Morgan fingerprint density at radius 2 is 2.03 bits per heavy atom. The second-order valence-corrected chi connectivity index (χ2v) is 9.94. The molecule has 3 N–H and O–H groups in total. The third kappa shape index (κ3) is 4.45. The molecule has 0 saturated carbocycles. The summed E-state index contributed by atoms with van der Waals surface area (Å²) in [5, 5.41) is 7.79. The second kappa shape index (κ2) is 8.58. The molecule has 9 nitrogen and oxygen atoms in total. The minimum absolute atomic E-state index is 0.00848. The fraction of sp³-hybridized carbons (Fsp3) is 0.619. The summed E-state index contributed by atoms with van der Waals surface area (Å²) in [6.07, 6.45) is 1.93. The Balaban J connectivity index is 1.42. The standard InChI is InChI=1S/C21H28N4O5S/c1-12-9-15(31-13(12)2)19(28)25-10-16(21(11-25)5-7-30-8-6-21)23-17(26)4-3-14-18(27)24-20(29)22-14/h9,14,16H,3-8,10-11H2,1-2H3,(H,23,26)(H2,22,24,27,29). The van der Waals surface area contributed by atoms with Crippen molar-refractivity contribution < 1.29 is 23.9 Å². The van der Waals surface area contributed by atoms with Gasteiger partial charge in [0.25, 0.3) is 11.8 Å². The van der Waals surface area contributed by atoms with E-state index in [1.165, 1.54) is 11.3 Å². The van der Waals surface area contributed by atoms with Crippen molar-refractivity contribution in [1.82, 2.24) is 20.9 Å². The summed E-state index contributed by atoms with van der Waals surface area (Å²) in [4.78, 5) is 52.5. The number of urea groups is 1. The highest BCUT2D eigenvalue weighted by Gasteiger charge is 2.49. The molecule has 0 aliphatic carbocycles. The van der Waals surface area contributed by atoms with Crippen LogP contribution in [-0.4, -0.2) is 67.0 Å². The van der Waals surface area contributed by atoms with Crippen molar-refractivity contribution in [2.24, 2.45) is 5.41 Å². The Morgan fingerprint density at radius 3 is 2.65 bits per heavy atom. The number of ether oxygens (including phenoxy) is 1. The fourth-order valence-corrected chi connectivity index (χ4v) is 5.65. The van der Waals surface area contributed by atoms with E-state index in [0.717, 1.165) is 28.2 Å². The molecule has 3 fully saturated rings. The smallest absolute Gasteiger partial charge is 0.322 e. The molecule has 3 aliphatic heterocycles.